The summed E-state index contributed by atoms with van der Waals surface area (Å²) in [6.07, 6.45) is 2.39. The summed E-state index contributed by atoms with van der Waals surface area (Å²) in [5.41, 5.74) is 4.48. The van der Waals surface area contributed by atoms with Gasteiger partial charge in [-0.15, -0.1) is 0 Å². The highest BCUT2D eigenvalue weighted by atomic mass is 15.0. The molecule has 1 heteroatoms. The molecule has 1 heterocycles. The number of hydrogen-bond acceptors (Lipinski definition) is 0. The van der Waals surface area contributed by atoms with Crippen LogP contribution in [0.4, 0.5) is 0 Å². The van der Waals surface area contributed by atoms with Gasteiger partial charge in [-0.05, 0) is 31.2 Å². The van der Waals surface area contributed by atoms with E-state index in [0.717, 1.165) is 0 Å². The summed E-state index contributed by atoms with van der Waals surface area (Å²) in [7, 11) is 0. The topological polar surface area (TPSA) is 3.88 Å². The lowest BCUT2D eigenvalue weighted by Crippen LogP contribution is -2.42. The van der Waals surface area contributed by atoms with E-state index in [9.17, 15) is 0 Å². The first-order valence-corrected chi connectivity index (χ1v) is 7.34. The van der Waals surface area contributed by atoms with Gasteiger partial charge in [0.05, 0.1) is 0 Å². The Kier molecular flexibility index (Phi) is 4.95. The third-order valence-electron chi connectivity index (χ3n) is 3.60. The van der Waals surface area contributed by atoms with Crippen LogP contribution < -0.4 is 4.57 Å². The summed E-state index contributed by atoms with van der Waals surface area (Å²) in [6, 6.07) is 2.96. The molecule has 0 fully saturated rings. The molecule has 0 saturated heterocycles. The highest BCUT2D eigenvalue weighted by Gasteiger charge is 2.23. The molecule has 0 atom stereocenters. The van der Waals surface area contributed by atoms with Crippen molar-refractivity contribution in [2.24, 2.45) is 0 Å². The van der Waals surface area contributed by atoms with Crippen molar-refractivity contribution < 1.29 is 4.57 Å². The average molecular weight is 248 g/mol. The quantitative estimate of drug-likeness (QED) is 0.665. The fraction of sp³-hybridized carbons (Fsp3) is 0.706. The van der Waals surface area contributed by atoms with Crippen molar-refractivity contribution in [3.8, 4) is 0 Å². The molecule has 0 radical (unpaired) electrons. The summed E-state index contributed by atoms with van der Waals surface area (Å²) in [6.45, 7) is 18.3. The highest BCUT2D eigenvalue weighted by Crippen LogP contribution is 2.27. The number of pyridine rings is 1. The van der Waals surface area contributed by atoms with Gasteiger partial charge in [-0.1, -0.05) is 41.5 Å². The van der Waals surface area contributed by atoms with Crippen LogP contribution in [0.2, 0.25) is 0 Å². The van der Waals surface area contributed by atoms with Gasteiger partial charge in [-0.2, -0.15) is 4.57 Å². The molecule has 1 aromatic heterocycles. The van der Waals surface area contributed by atoms with E-state index in [-0.39, 0.29) is 0 Å². The molecule has 1 aromatic rings. The Hall–Kier alpha value is -0.850. The molecule has 102 valence electrons. The van der Waals surface area contributed by atoms with Gasteiger partial charge in [-0.25, -0.2) is 0 Å². The minimum atomic E-state index is 0.529. The maximum Gasteiger partial charge on any atom is 0.184 e. The SMILES string of the molecule is CC(C)c1cc(C(C)C)[n+](C(C)C)cc1C(C)C. The summed E-state index contributed by atoms with van der Waals surface area (Å²) in [5, 5.41) is 0. The van der Waals surface area contributed by atoms with Crippen LogP contribution in [0.3, 0.4) is 0 Å². The minimum Gasteiger partial charge on any atom is -0.200 e. The molecule has 0 aliphatic rings. The van der Waals surface area contributed by atoms with Gasteiger partial charge in [0, 0.05) is 17.5 Å². The van der Waals surface area contributed by atoms with Gasteiger partial charge in [0.15, 0.2) is 17.9 Å². The fourth-order valence-corrected chi connectivity index (χ4v) is 2.51. The second-order valence-electron chi connectivity index (χ2n) is 6.57. The number of aromatic nitrogens is 1. The van der Waals surface area contributed by atoms with Gasteiger partial charge < -0.3 is 0 Å². The summed E-state index contributed by atoms with van der Waals surface area (Å²) in [5.74, 6) is 1.77. The van der Waals surface area contributed by atoms with E-state index >= 15 is 0 Å². The van der Waals surface area contributed by atoms with Crippen molar-refractivity contribution in [1.82, 2.24) is 0 Å². The molecule has 0 saturated carbocycles. The Morgan fingerprint density at radius 1 is 0.722 bits per heavy atom. The van der Waals surface area contributed by atoms with Crippen molar-refractivity contribution >= 4 is 0 Å². The lowest BCUT2D eigenvalue weighted by molar-refractivity contribution is -0.724. The van der Waals surface area contributed by atoms with Crippen LogP contribution in [0.25, 0.3) is 0 Å². The Morgan fingerprint density at radius 3 is 1.56 bits per heavy atom. The van der Waals surface area contributed by atoms with E-state index in [0.29, 0.717) is 23.8 Å². The summed E-state index contributed by atoms with van der Waals surface area (Å²) in [4.78, 5) is 0. The molecule has 0 aliphatic carbocycles. The maximum atomic E-state index is 2.45. The third-order valence-corrected chi connectivity index (χ3v) is 3.60. The molecule has 0 aliphatic heterocycles. The Labute approximate surface area is 113 Å². The monoisotopic (exact) mass is 248 g/mol. The second-order valence-corrected chi connectivity index (χ2v) is 6.57. The van der Waals surface area contributed by atoms with E-state index < -0.39 is 0 Å². The molecule has 1 rings (SSSR count). The first kappa shape index (κ1) is 15.2. The van der Waals surface area contributed by atoms with Crippen molar-refractivity contribution in [2.45, 2.75) is 79.2 Å². The molecule has 0 aromatic carbocycles. The fourth-order valence-electron chi connectivity index (χ4n) is 2.51. The highest BCUT2D eigenvalue weighted by molar-refractivity contribution is 5.30. The van der Waals surface area contributed by atoms with E-state index in [2.05, 4.69) is 72.2 Å². The van der Waals surface area contributed by atoms with E-state index in [1.54, 1.807) is 0 Å². The van der Waals surface area contributed by atoms with Crippen LogP contribution in [0.15, 0.2) is 12.3 Å². The molecular formula is C17H30N+. The third kappa shape index (κ3) is 3.13. The first-order chi connectivity index (χ1) is 8.25. The van der Waals surface area contributed by atoms with Gasteiger partial charge in [-0.3, -0.25) is 0 Å². The normalized spacial score (nSPS) is 12.2. The maximum absolute atomic E-state index is 2.45. The molecular weight excluding hydrogens is 218 g/mol. The van der Waals surface area contributed by atoms with Crippen molar-refractivity contribution in [2.75, 3.05) is 0 Å². The van der Waals surface area contributed by atoms with Crippen molar-refractivity contribution in [3.05, 3.63) is 29.1 Å². The van der Waals surface area contributed by atoms with Crippen molar-refractivity contribution in [3.63, 3.8) is 0 Å². The predicted molar refractivity (Wildman–Crippen MR) is 79.3 cm³/mol. The Balaban J connectivity index is 3.50. The van der Waals surface area contributed by atoms with Crippen LogP contribution in [-0.2, 0) is 0 Å². The Morgan fingerprint density at radius 2 is 1.22 bits per heavy atom. The zero-order valence-corrected chi connectivity index (χ0v) is 13.4. The Bertz CT molecular complexity index is 326. The zero-order valence-electron chi connectivity index (χ0n) is 13.4. The van der Waals surface area contributed by atoms with Gasteiger partial charge in [0.2, 0.25) is 0 Å². The molecule has 1 nitrogen and oxygen atoms in total. The number of nitrogens with zero attached hydrogens (tertiary/aromatic N) is 1. The van der Waals surface area contributed by atoms with Crippen LogP contribution in [0.5, 0.6) is 0 Å². The first-order valence-electron chi connectivity index (χ1n) is 7.34. The van der Waals surface area contributed by atoms with Gasteiger partial charge in [0.1, 0.15) is 0 Å². The largest absolute Gasteiger partial charge is 0.200 e. The lowest BCUT2D eigenvalue weighted by Gasteiger charge is -2.19. The second kappa shape index (κ2) is 5.86. The molecule has 0 bridgehead atoms. The smallest absolute Gasteiger partial charge is 0.184 e. The molecule has 0 N–H and O–H groups in total. The van der Waals surface area contributed by atoms with Crippen LogP contribution >= 0.6 is 0 Å². The van der Waals surface area contributed by atoms with Gasteiger partial charge in [0.25, 0.3) is 0 Å². The standard InChI is InChI=1S/C17H30N/c1-11(2)15-9-17(13(5)6)18(14(7)8)10-16(15)12(3)4/h9-14H,1-8H3/q+1. The average Bonchev–Trinajstić information content (AvgIpc) is 2.26. The number of hydrogen-bond donors (Lipinski definition) is 0. The van der Waals surface area contributed by atoms with Crippen LogP contribution in [0.1, 0.15) is 96.0 Å². The molecule has 0 unspecified atom stereocenters. The minimum absolute atomic E-state index is 0.529. The zero-order chi connectivity index (χ0) is 14.0. The van der Waals surface area contributed by atoms with E-state index in [4.69, 9.17) is 0 Å². The summed E-state index contributed by atoms with van der Waals surface area (Å²) < 4.78 is 2.45. The van der Waals surface area contributed by atoms with Crippen molar-refractivity contribution in [1.29, 1.82) is 0 Å². The molecule has 0 amide bonds. The predicted octanol–water partition coefficient (Wildman–Crippen LogP) is 4.93. The van der Waals surface area contributed by atoms with E-state index in [1.165, 1.54) is 16.8 Å². The van der Waals surface area contributed by atoms with Crippen LogP contribution in [-0.4, -0.2) is 0 Å². The molecule has 18 heavy (non-hydrogen) atoms. The molecule has 0 spiro atoms. The van der Waals surface area contributed by atoms with E-state index in [1.807, 2.05) is 0 Å². The lowest BCUT2D eigenvalue weighted by atomic mass is 9.90. The van der Waals surface area contributed by atoms with Gasteiger partial charge >= 0.3 is 0 Å². The number of rotatable bonds is 4. The van der Waals surface area contributed by atoms with Crippen LogP contribution in [0, 0.1) is 0 Å². The summed E-state index contributed by atoms with van der Waals surface area (Å²) >= 11 is 0.